The summed E-state index contributed by atoms with van der Waals surface area (Å²) in [4.78, 5) is 11.0. The van der Waals surface area contributed by atoms with E-state index in [1.165, 1.54) is 12.5 Å². The van der Waals surface area contributed by atoms with Crippen molar-refractivity contribution in [1.82, 2.24) is 5.32 Å². The quantitative estimate of drug-likeness (QED) is 0.891. The zero-order valence-electron chi connectivity index (χ0n) is 12.3. The Bertz CT molecular complexity index is 629. The minimum absolute atomic E-state index is 0. The van der Waals surface area contributed by atoms with E-state index in [-0.39, 0.29) is 18.3 Å². The first-order chi connectivity index (χ1) is 9.63. The molecular formula is C16H21ClN2O2. The number of methoxy groups -OCH3 is 1. The number of fused-ring (bicyclic) bond motifs is 1. The Morgan fingerprint density at radius 1 is 1.29 bits per heavy atom. The Balaban J connectivity index is 0.00000220. The van der Waals surface area contributed by atoms with Gasteiger partial charge in [0.25, 0.3) is 0 Å². The van der Waals surface area contributed by atoms with Gasteiger partial charge in [-0.3, -0.25) is 4.79 Å². The molecule has 0 aliphatic heterocycles. The van der Waals surface area contributed by atoms with Gasteiger partial charge in [-0.1, -0.05) is 12.1 Å². The average molecular weight is 309 g/mol. The molecule has 0 atom stereocenters. The maximum absolute atomic E-state index is 11.0. The Morgan fingerprint density at radius 3 is 2.67 bits per heavy atom. The number of hydrogen-bond acceptors (Lipinski definition) is 3. The zero-order chi connectivity index (χ0) is 14.5. The maximum atomic E-state index is 11.0. The van der Waals surface area contributed by atoms with Crippen molar-refractivity contribution in [2.75, 3.05) is 13.7 Å². The van der Waals surface area contributed by atoms with Gasteiger partial charge in [-0.2, -0.15) is 0 Å². The third-order valence-electron chi connectivity index (χ3n) is 3.31. The zero-order valence-corrected chi connectivity index (χ0v) is 13.1. The van der Waals surface area contributed by atoms with Crippen LogP contribution >= 0.6 is 12.4 Å². The van der Waals surface area contributed by atoms with Crippen LogP contribution in [0.25, 0.3) is 10.8 Å². The summed E-state index contributed by atoms with van der Waals surface area (Å²) in [5.74, 6) is 0.820. The summed E-state index contributed by atoms with van der Waals surface area (Å²) >= 11 is 0. The van der Waals surface area contributed by atoms with E-state index in [0.29, 0.717) is 13.1 Å². The van der Waals surface area contributed by atoms with Crippen LogP contribution in [0.4, 0.5) is 0 Å². The third kappa shape index (κ3) is 4.34. The van der Waals surface area contributed by atoms with Gasteiger partial charge in [0.2, 0.25) is 5.91 Å². The topological polar surface area (TPSA) is 64.3 Å². The molecule has 0 bridgehead atoms. The highest BCUT2D eigenvalue weighted by Gasteiger charge is 2.06. The number of amides is 1. The van der Waals surface area contributed by atoms with E-state index in [1.54, 1.807) is 7.11 Å². The summed E-state index contributed by atoms with van der Waals surface area (Å²) in [7, 11) is 1.66. The first-order valence-corrected chi connectivity index (χ1v) is 6.68. The van der Waals surface area contributed by atoms with Crippen molar-refractivity contribution in [3.05, 3.63) is 41.5 Å². The number of nitrogens with two attached hydrogens (primary N) is 1. The molecule has 114 valence electrons. The van der Waals surface area contributed by atoms with Gasteiger partial charge in [-0.05, 0) is 46.5 Å². The van der Waals surface area contributed by atoms with Gasteiger partial charge in [0.15, 0.2) is 0 Å². The Kier molecular flexibility index (Phi) is 6.46. The van der Waals surface area contributed by atoms with E-state index in [1.807, 2.05) is 18.2 Å². The lowest BCUT2D eigenvalue weighted by Crippen LogP contribution is -2.22. The molecule has 21 heavy (non-hydrogen) atoms. The standard InChI is InChI=1S/C16H20N2O2.ClH/c1-11(19)18-6-5-14-8-12(10-17)7-13-3-4-15(20-2)9-16(13)14;/h3-4,7-9H,5-6,10,17H2,1-2H3,(H,18,19);1H. The fraction of sp³-hybridized carbons (Fsp3) is 0.312. The molecular weight excluding hydrogens is 288 g/mol. The van der Waals surface area contributed by atoms with E-state index in [9.17, 15) is 4.79 Å². The van der Waals surface area contributed by atoms with E-state index in [0.717, 1.165) is 28.5 Å². The minimum Gasteiger partial charge on any atom is -0.497 e. The van der Waals surface area contributed by atoms with Gasteiger partial charge in [0.05, 0.1) is 7.11 Å². The SMILES string of the molecule is COc1ccc2cc(CN)cc(CCNC(C)=O)c2c1.Cl. The van der Waals surface area contributed by atoms with E-state index in [2.05, 4.69) is 17.4 Å². The van der Waals surface area contributed by atoms with Crippen LogP contribution in [0.3, 0.4) is 0 Å². The van der Waals surface area contributed by atoms with Crippen molar-refractivity contribution in [1.29, 1.82) is 0 Å². The molecule has 2 aromatic carbocycles. The van der Waals surface area contributed by atoms with E-state index < -0.39 is 0 Å². The number of nitrogens with one attached hydrogen (secondary N) is 1. The van der Waals surface area contributed by atoms with Crippen LogP contribution < -0.4 is 15.8 Å². The van der Waals surface area contributed by atoms with Gasteiger partial charge < -0.3 is 15.8 Å². The second-order valence-electron chi connectivity index (χ2n) is 4.78. The summed E-state index contributed by atoms with van der Waals surface area (Å²) in [6, 6.07) is 10.2. The summed E-state index contributed by atoms with van der Waals surface area (Å²) < 4.78 is 5.28. The van der Waals surface area contributed by atoms with Crippen molar-refractivity contribution in [3.8, 4) is 5.75 Å². The van der Waals surface area contributed by atoms with E-state index in [4.69, 9.17) is 10.5 Å². The van der Waals surface area contributed by atoms with Crippen molar-refractivity contribution in [3.63, 3.8) is 0 Å². The van der Waals surface area contributed by atoms with Crippen LogP contribution in [0.2, 0.25) is 0 Å². The molecule has 0 fully saturated rings. The van der Waals surface area contributed by atoms with Gasteiger partial charge >= 0.3 is 0 Å². The Hall–Kier alpha value is -1.78. The lowest BCUT2D eigenvalue weighted by molar-refractivity contribution is -0.118. The van der Waals surface area contributed by atoms with E-state index >= 15 is 0 Å². The van der Waals surface area contributed by atoms with Gasteiger partial charge in [-0.15, -0.1) is 12.4 Å². The monoisotopic (exact) mass is 308 g/mol. The number of carbonyl (C=O) groups excluding carboxylic acids is 1. The molecule has 0 heterocycles. The normalized spacial score (nSPS) is 10.0. The van der Waals surface area contributed by atoms with Gasteiger partial charge in [0.1, 0.15) is 5.75 Å². The number of benzene rings is 2. The van der Waals surface area contributed by atoms with Crippen molar-refractivity contribution >= 4 is 29.1 Å². The molecule has 2 aromatic rings. The van der Waals surface area contributed by atoms with Crippen LogP contribution in [0.15, 0.2) is 30.3 Å². The van der Waals surface area contributed by atoms with Gasteiger partial charge in [-0.25, -0.2) is 0 Å². The maximum Gasteiger partial charge on any atom is 0.216 e. The highest BCUT2D eigenvalue weighted by atomic mass is 35.5. The predicted molar refractivity (Wildman–Crippen MR) is 88.0 cm³/mol. The largest absolute Gasteiger partial charge is 0.497 e. The molecule has 4 nitrogen and oxygen atoms in total. The van der Waals surface area contributed by atoms with Crippen molar-refractivity contribution in [2.45, 2.75) is 19.9 Å². The fourth-order valence-corrected chi connectivity index (χ4v) is 2.31. The molecule has 0 saturated heterocycles. The second-order valence-corrected chi connectivity index (χ2v) is 4.78. The molecule has 1 amide bonds. The second kappa shape index (κ2) is 7.86. The molecule has 0 aliphatic rings. The number of hydrogen-bond donors (Lipinski definition) is 2. The highest BCUT2D eigenvalue weighted by molar-refractivity contribution is 5.88. The first kappa shape index (κ1) is 17.3. The molecule has 0 aromatic heterocycles. The molecule has 0 saturated carbocycles. The van der Waals surface area contributed by atoms with Crippen LogP contribution in [0, 0.1) is 0 Å². The first-order valence-electron chi connectivity index (χ1n) is 6.68. The van der Waals surface area contributed by atoms with Crippen molar-refractivity contribution < 1.29 is 9.53 Å². The molecule has 0 aliphatic carbocycles. The smallest absolute Gasteiger partial charge is 0.216 e. The molecule has 0 spiro atoms. The Morgan fingerprint density at radius 2 is 2.05 bits per heavy atom. The van der Waals surface area contributed by atoms with Crippen LogP contribution in [-0.2, 0) is 17.8 Å². The third-order valence-corrected chi connectivity index (χ3v) is 3.31. The highest BCUT2D eigenvalue weighted by Crippen LogP contribution is 2.26. The number of carbonyl (C=O) groups is 1. The summed E-state index contributed by atoms with van der Waals surface area (Å²) in [5, 5.41) is 5.11. The van der Waals surface area contributed by atoms with Gasteiger partial charge in [0, 0.05) is 20.0 Å². The lowest BCUT2D eigenvalue weighted by Gasteiger charge is -2.11. The van der Waals surface area contributed by atoms with Crippen molar-refractivity contribution in [2.24, 2.45) is 5.73 Å². The fourth-order valence-electron chi connectivity index (χ4n) is 2.31. The average Bonchev–Trinajstić information content (AvgIpc) is 2.46. The number of halogens is 1. The van der Waals surface area contributed by atoms with Crippen LogP contribution in [0.5, 0.6) is 5.75 Å². The predicted octanol–water partition coefficient (Wildman–Crippen LogP) is 2.41. The minimum atomic E-state index is -0.0122. The van der Waals surface area contributed by atoms with Crippen LogP contribution in [0.1, 0.15) is 18.1 Å². The van der Waals surface area contributed by atoms with Crippen LogP contribution in [-0.4, -0.2) is 19.6 Å². The molecule has 0 unspecified atom stereocenters. The molecule has 3 N–H and O–H groups in total. The number of ether oxygens (including phenoxy) is 1. The summed E-state index contributed by atoms with van der Waals surface area (Å²) in [6.07, 6.45) is 0.775. The molecule has 5 heteroatoms. The Labute approximate surface area is 131 Å². The molecule has 0 radical (unpaired) electrons. The summed E-state index contributed by atoms with van der Waals surface area (Å²) in [6.45, 7) is 2.65. The molecule has 2 rings (SSSR count). The summed E-state index contributed by atoms with van der Waals surface area (Å²) in [5.41, 5.74) is 8.02. The number of rotatable bonds is 5. The lowest BCUT2D eigenvalue weighted by atomic mass is 9.98.